The molecule has 1 N–H and O–H groups in total. The summed E-state index contributed by atoms with van der Waals surface area (Å²) >= 11 is 0. The average molecular weight is 252 g/mol. The lowest BCUT2D eigenvalue weighted by Crippen LogP contribution is -2.39. The SMILES string of the molecule is CCC(CC(C)CC(C)(C)C)C(NC)C(C)C#N. The molecule has 18 heavy (non-hydrogen) atoms. The Hall–Kier alpha value is -0.550. The quantitative estimate of drug-likeness (QED) is 0.736. The Morgan fingerprint density at radius 2 is 1.78 bits per heavy atom. The Balaban J connectivity index is 4.54. The minimum absolute atomic E-state index is 0.0850. The van der Waals surface area contributed by atoms with Crippen molar-refractivity contribution in [3.63, 3.8) is 0 Å². The van der Waals surface area contributed by atoms with Gasteiger partial charge in [0.25, 0.3) is 0 Å². The molecule has 0 radical (unpaired) electrons. The summed E-state index contributed by atoms with van der Waals surface area (Å²) < 4.78 is 0. The van der Waals surface area contributed by atoms with Crippen LogP contribution in [0, 0.1) is 34.5 Å². The maximum absolute atomic E-state index is 9.11. The third-order valence-electron chi connectivity index (χ3n) is 3.77. The molecule has 0 amide bonds. The van der Waals surface area contributed by atoms with E-state index in [9.17, 15) is 0 Å². The first-order valence-corrected chi connectivity index (χ1v) is 7.32. The molecule has 0 saturated heterocycles. The molecule has 2 nitrogen and oxygen atoms in total. The van der Waals surface area contributed by atoms with Crippen LogP contribution in [0.5, 0.6) is 0 Å². The summed E-state index contributed by atoms with van der Waals surface area (Å²) in [5.74, 6) is 1.40. The number of nitriles is 1. The lowest BCUT2D eigenvalue weighted by atomic mass is 9.77. The fourth-order valence-corrected chi connectivity index (χ4v) is 3.19. The van der Waals surface area contributed by atoms with Crippen molar-refractivity contribution >= 4 is 0 Å². The maximum atomic E-state index is 9.11. The van der Waals surface area contributed by atoms with Gasteiger partial charge in [-0.25, -0.2) is 0 Å². The zero-order chi connectivity index (χ0) is 14.3. The van der Waals surface area contributed by atoms with E-state index in [1.807, 2.05) is 14.0 Å². The summed E-state index contributed by atoms with van der Waals surface area (Å²) in [6.07, 6.45) is 3.61. The van der Waals surface area contributed by atoms with Crippen molar-refractivity contribution < 1.29 is 0 Å². The van der Waals surface area contributed by atoms with Gasteiger partial charge in [0.05, 0.1) is 12.0 Å². The van der Waals surface area contributed by atoms with Gasteiger partial charge < -0.3 is 5.32 Å². The predicted molar refractivity (Wildman–Crippen MR) is 79.3 cm³/mol. The standard InChI is InChI=1S/C16H32N2/c1-8-14(15(18-7)13(3)11-17)9-12(2)10-16(4,5)6/h12-15,18H,8-10H2,1-7H3. The summed E-state index contributed by atoms with van der Waals surface area (Å²) in [7, 11) is 1.98. The van der Waals surface area contributed by atoms with Crippen LogP contribution >= 0.6 is 0 Å². The molecule has 0 saturated carbocycles. The summed E-state index contributed by atoms with van der Waals surface area (Å²) in [6, 6.07) is 2.71. The molecule has 0 aliphatic heterocycles. The number of nitrogens with one attached hydrogen (secondary N) is 1. The Bertz CT molecular complexity index is 259. The Labute approximate surface area is 114 Å². The average Bonchev–Trinajstić information content (AvgIpc) is 2.25. The molecule has 0 bridgehead atoms. The molecule has 4 atom stereocenters. The van der Waals surface area contributed by atoms with E-state index in [2.05, 4.69) is 46.0 Å². The highest BCUT2D eigenvalue weighted by Gasteiger charge is 2.26. The van der Waals surface area contributed by atoms with Gasteiger partial charge in [0.2, 0.25) is 0 Å². The lowest BCUT2D eigenvalue weighted by Gasteiger charge is -2.32. The van der Waals surface area contributed by atoms with Crippen molar-refractivity contribution in [2.24, 2.45) is 23.2 Å². The first kappa shape index (κ1) is 17.4. The van der Waals surface area contributed by atoms with E-state index >= 15 is 0 Å². The van der Waals surface area contributed by atoms with Crippen LogP contribution in [0.2, 0.25) is 0 Å². The normalized spacial score (nSPS) is 18.8. The predicted octanol–water partition coefficient (Wildman–Crippen LogP) is 4.22. The highest BCUT2D eigenvalue weighted by Crippen LogP contribution is 2.31. The van der Waals surface area contributed by atoms with Gasteiger partial charge in [-0.05, 0) is 44.1 Å². The number of hydrogen-bond donors (Lipinski definition) is 1. The van der Waals surface area contributed by atoms with Crippen LogP contribution in [0.4, 0.5) is 0 Å². The second-order valence-electron chi connectivity index (χ2n) is 7.01. The summed E-state index contributed by atoms with van der Waals surface area (Å²) in [5.41, 5.74) is 0.397. The highest BCUT2D eigenvalue weighted by molar-refractivity contribution is 4.92. The fraction of sp³-hybridized carbons (Fsp3) is 0.938. The van der Waals surface area contributed by atoms with Crippen LogP contribution in [-0.2, 0) is 0 Å². The minimum Gasteiger partial charge on any atom is -0.315 e. The second kappa shape index (κ2) is 7.79. The van der Waals surface area contributed by atoms with Gasteiger partial charge in [0.1, 0.15) is 0 Å². The molecular weight excluding hydrogens is 220 g/mol. The van der Waals surface area contributed by atoms with E-state index in [-0.39, 0.29) is 5.92 Å². The molecule has 0 heterocycles. The van der Waals surface area contributed by atoms with Crippen molar-refractivity contribution in [2.45, 2.75) is 66.8 Å². The first-order chi connectivity index (χ1) is 8.25. The third kappa shape index (κ3) is 6.40. The van der Waals surface area contributed by atoms with E-state index in [1.165, 1.54) is 12.8 Å². The summed E-state index contributed by atoms with van der Waals surface area (Å²) in [6.45, 7) is 13.5. The molecular formula is C16H32N2. The van der Waals surface area contributed by atoms with Gasteiger partial charge in [0.15, 0.2) is 0 Å². The van der Waals surface area contributed by atoms with Gasteiger partial charge >= 0.3 is 0 Å². The number of hydrogen-bond acceptors (Lipinski definition) is 2. The molecule has 106 valence electrons. The lowest BCUT2D eigenvalue weighted by molar-refractivity contribution is 0.221. The zero-order valence-electron chi connectivity index (χ0n) is 13.4. The van der Waals surface area contributed by atoms with E-state index < -0.39 is 0 Å². The largest absolute Gasteiger partial charge is 0.315 e. The van der Waals surface area contributed by atoms with Gasteiger partial charge in [-0.15, -0.1) is 0 Å². The van der Waals surface area contributed by atoms with Crippen LogP contribution < -0.4 is 5.32 Å². The number of rotatable bonds is 7. The maximum Gasteiger partial charge on any atom is 0.0669 e. The van der Waals surface area contributed by atoms with Crippen molar-refractivity contribution in [2.75, 3.05) is 7.05 Å². The van der Waals surface area contributed by atoms with Crippen LogP contribution in [0.3, 0.4) is 0 Å². The molecule has 0 aliphatic carbocycles. The van der Waals surface area contributed by atoms with Gasteiger partial charge in [0, 0.05) is 6.04 Å². The van der Waals surface area contributed by atoms with Crippen molar-refractivity contribution in [1.82, 2.24) is 5.32 Å². The monoisotopic (exact) mass is 252 g/mol. The van der Waals surface area contributed by atoms with Gasteiger partial charge in [-0.1, -0.05) is 41.0 Å². The molecule has 0 spiro atoms. The van der Waals surface area contributed by atoms with E-state index in [1.54, 1.807) is 0 Å². The zero-order valence-corrected chi connectivity index (χ0v) is 13.4. The first-order valence-electron chi connectivity index (χ1n) is 7.32. The third-order valence-corrected chi connectivity index (χ3v) is 3.77. The molecule has 0 aromatic rings. The van der Waals surface area contributed by atoms with Crippen molar-refractivity contribution in [3.05, 3.63) is 0 Å². The molecule has 0 aliphatic rings. The summed E-state index contributed by atoms with van der Waals surface area (Å²) in [5, 5.41) is 12.5. The Morgan fingerprint density at radius 3 is 2.11 bits per heavy atom. The van der Waals surface area contributed by atoms with Gasteiger partial charge in [-0.3, -0.25) is 0 Å². The molecule has 0 fully saturated rings. The smallest absolute Gasteiger partial charge is 0.0669 e. The fourth-order valence-electron chi connectivity index (χ4n) is 3.19. The molecule has 0 aromatic heterocycles. The Kier molecular flexibility index (Phi) is 7.55. The summed E-state index contributed by atoms with van der Waals surface area (Å²) in [4.78, 5) is 0. The highest BCUT2D eigenvalue weighted by atomic mass is 14.9. The van der Waals surface area contributed by atoms with Crippen molar-refractivity contribution in [1.29, 1.82) is 5.26 Å². The van der Waals surface area contributed by atoms with Crippen LogP contribution in [0.25, 0.3) is 0 Å². The molecule has 0 aromatic carbocycles. The van der Waals surface area contributed by atoms with Gasteiger partial charge in [-0.2, -0.15) is 5.26 Å². The molecule has 2 heteroatoms. The van der Waals surface area contributed by atoms with E-state index in [4.69, 9.17) is 5.26 Å². The van der Waals surface area contributed by atoms with Crippen LogP contribution in [0.1, 0.15) is 60.8 Å². The van der Waals surface area contributed by atoms with E-state index in [0.29, 0.717) is 17.4 Å². The topological polar surface area (TPSA) is 35.8 Å². The number of nitrogens with zero attached hydrogens (tertiary/aromatic N) is 1. The van der Waals surface area contributed by atoms with Crippen molar-refractivity contribution in [3.8, 4) is 6.07 Å². The Morgan fingerprint density at radius 1 is 1.22 bits per heavy atom. The van der Waals surface area contributed by atoms with Crippen LogP contribution in [0.15, 0.2) is 0 Å². The van der Waals surface area contributed by atoms with E-state index in [0.717, 1.165) is 12.3 Å². The molecule has 4 unspecified atom stereocenters. The van der Waals surface area contributed by atoms with Crippen LogP contribution in [-0.4, -0.2) is 13.1 Å². The minimum atomic E-state index is 0.0850. The second-order valence-corrected chi connectivity index (χ2v) is 7.01. The molecule has 0 rings (SSSR count).